The van der Waals surface area contributed by atoms with E-state index in [0.29, 0.717) is 19.3 Å². The molecule has 0 aromatic heterocycles. The van der Waals surface area contributed by atoms with Gasteiger partial charge in [0.25, 0.3) is 0 Å². The van der Waals surface area contributed by atoms with Crippen molar-refractivity contribution in [1.82, 2.24) is 10.6 Å². The number of amides is 2. The fourth-order valence-electron chi connectivity index (χ4n) is 3.05. The van der Waals surface area contributed by atoms with Gasteiger partial charge in [-0.1, -0.05) is 24.3 Å². The lowest BCUT2D eigenvalue weighted by Crippen LogP contribution is -2.37. The zero-order valence-corrected chi connectivity index (χ0v) is 16.2. The lowest BCUT2D eigenvalue weighted by atomic mass is 9.94. The van der Waals surface area contributed by atoms with Crippen LogP contribution in [0.2, 0.25) is 0 Å². The van der Waals surface area contributed by atoms with Gasteiger partial charge in [0.15, 0.2) is 0 Å². The molecule has 158 valence electrons. The Morgan fingerprint density at radius 1 is 1.17 bits per heavy atom. The number of cyclic esters (lactones) is 1. The molecule has 1 aromatic carbocycles. The number of aliphatic hydroxyl groups is 1. The van der Waals surface area contributed by atoms with E-state index in [1.165, 1.54) is 12.1 Å². The molecule has 1 aliphatic rings. The summed E-state index contributed by atoms with van der Waals surface area (Å²) in [7, 11) is 0. The quantitative estimate of drug-likeness (QED) is 0.485. The van der Waals surface area contributed by atoms with E-state index in [1.807, 2.05) is 6.08 Å². The number of benzene rings is 1. The predicted molar refractivity (Wildman–Crippen MR) is 104 cm³/mol. The molecule has 2 rings (SSSR count). The number of halogens is 1. The summed E-state index contributed by atoms with van der Waals surface area (Å²) >= 11 is 0. The fourth-order valence-corrected chi connectivity index (χ4v) is 3.05. The summed E-state index contributed by atoms with van der Waals surface area (Å²) in [5, 5.41) is 14.0. The smallest absolute Gasteiger partial charge is 0.309 e. The van der Waals surface area contributed by atoms with Crippen LogP contribution in [0.15, 0.2) is 36.4 Å². The van der Waals surface area contributed by atoms with Crippen LogP contribution in [0.4, 0.5) is 4.39 Å². The fraction of sp³-hybridized carbons (Fsp3) is 0.476. The Morgan fingerprint density at radius 2 is 1.86 bits per heavy atom. The molecule has 2 atom stereocenters. The van der Waals surface area contributed by atoms with Crippen molar-refractivity contribution in [1.29, 1.82) is 0 Å². The van der Waals surface area contributed by atoms with Gasteiger partial charge in [-0.05, 0) is 37.0 Å². The van der Waals surface area contributed by atoms with Gasteiger partial charge in [-0.2, -0.15) is 0 Å². The summed E-state index contributed by atoms with van der Waals surface area (Å²) in [5.41, 5.74) is 0.834. The second kappa shape index (κ2) is 12.0. The van der Waals surface area contributed by atoms with Crippen molar-refractivity contribution in [3.05, 3.63) is 47.8 Å². The average Bonchev–Trinajstić information content (AvgIpc) is 2.71. The summed E-state index contributed by atoms with van der Waals surface area (Å²) in [6.45, 7) is 0.178. The van der Waals surface area contributed by atoms with E-state index in [1.54, 1.807) is 18.2 Å². The van der Waals surface area contributed by atoms with E-state index in [2.05, 4.69) is 10.6 Å². The molecular formula is C21H27FN2O5. The molecule has 0 saturated heterocycles. The van der Waals surface area contributed by atoms with Crippen molar-refractivity contribution in [2.24, 2.45) is 11.8 Å². The molecule has 2 amide bonds. The lowest BCUT2D eigenvalue weighted by molar-refractivity contribution is -0.148. The van der Waals surface area contributed by atoms with E-state index in [9.17, 15) is 18.8 Å². The SMILES string of the molecule is O=C(C[C@@H]1C/C=C\C[C@@H](Cc2ccc(F)cc2)C(=O)OCCNC1=O)NCCO. The third-order valence-corrected chi connectivity index (χ3v) is 4.62. The summed E-state index contributed by atoms with van der Waals surface area (Å²) in [5.74, 6) is -2.25. The summed E-state index contributed by atoms with van der Waals surface area (Å²) in [6.07, 6.45) is 4.80. The van der Waals surface area contributed by atoms with Crippen LogP contribution in [0, 0.1) is 17.7 Å². The van der Waals surface area contributed by atoms with Gasteiger partial charge >= 0.3 is 5.97 Å². The second-order valence-electron chi connectivity index (χ2n) is 6.90. The molecule has 7 nitrogen and oxygen atoms in total. The van der Waals surface area contributed by atoms with Gasteiger partial charge in [0.1, 0.15) is 12.4 Å². The third kappa shape index (κ3) is 8.03. The Balaban J connectivity index is 2.02. The number of aliphatic hydroxyl groups excluding tert-OH is 1. The highest BCUT2D eigenvalue weighted by Gasteiger charge is 2.23. The molecule has 0 aliphatic carbocycles. The zero-order chi connectivity index (χ0) is 21.1. The maximum Gasteiger partial charge on any atom is 0.309 e. The van der Waals surface area contributed by atoms with Crippen LogP contribution in [0.5, 0.6) is 0 Å². The lowest BCUT2D eigenvalue weighted by Gasteiger charge is -2.18. The van der Waals surface area contributed by atoms with Crippen molar-refractivity contribution >= 4 is 17.8 Å². The molecule has 8 heteroatoms. The first-order chi connectivity index (χ1) is 14.0. The first-order valence-corrected chi connectivity index (χ1v) is 9.71. The zero-order valence-electron chi connectivity index (χ0n) is 16.2. The maximum absolute atomic E-state index is 13.1. The number of nitrogens with one attached hydrogen (secondary N) is 2. The highest BCUT2D eigenvalue weighted by molar-refractivity contribution is 5.86. The van der Waals surface area contributed by atoms with E-state index >= 15 is 0 Å². The van der Waals surface area contributed by atoms with Crippen molar-refractivity contribution in [2.75, 3.05) is 26.3 Å². The Bertz CT molecular complexity index is 720. The molecule has 0 fully saturated rings. The number of carbonyl (C=O) groups is 3. The molecular weight excluding hydrogens is 379 g/mol. The van der Waals surface area contributed by atoms with E-state index < -0.39 is 11.8 Å². The number of esters is 1. The van der Waals surface area contributed by atoms with Gasteiger partial charge in [-0.15, -0.1) is 0 Å². The molecule has 0 spiro atoms. The minimum Gasteiger partial charge on any atom is -0.464 e. The monoisotopic (exact) mass is 406 g/mol. The number of allylic oxidation sites excluding steroid dienone is 2. The Labute approximate surface area is 169 Å². The first-order valence-electron chi connectivity index (χ1n) is 9.71. The summed E-state index contributed by atoms with van der Waals surface area (Å²) in [6, 6.07) is 6.00. The molecule has 3 N–H and O–H groups in total. The first kappa shape index (κ1) is 22.5. The highest BCUT2D eigenvalue weighted by Crippen LogP contribution is 2.18. The second-order valence-corrected chi connectivity index (χ2v) is 6.90. The number of carbonyl (C=O) groups excluding carboxylic acids is 3. The molecule has 0 bridgehead atoms. The van der Waals surface area contributed by atoms with Crippen LogP contribution in [-0.2, 0) is 25.5 Å². The van der Waals surface area contributed by atoms with Crippen LogP contribution < -0.4 is 10.6 Å². The van der Waals surface area contributed by atoms with Gasteiger partial charge in [0.05, 0.1) is 25.0 Å². The minimum absolute atomic E-state index is 0.00890. The molecule has 1 heterocycles. The number of ether oxygens (including phenoxy) is 1. The molecule has 1 aromatic rings. The predicted octanol–water partition coefficient (Wildman–Crippen LogP) is 1.11. The topological polar surface area (TPSA) is 105 Å². The Morgan fingerprint density at radius 3 is 2.55 bits per heavy atom. The van der Waals surface area contributed by atoms with Crippen LogP contribution >= 0.6 is 0 Å². The van der Waals surface area contributed by atoms with Crippen molar-refractivity contribution in [2.45, 2.75) is 25.7 Å². The molecule has 0 unspecified atom stereocenters. The van der Waals surface area contributed by atoms with Gasteiger partial charge in [-0.3, -0.25) is 14.4 Å². The average molecular weight is 406 g/mol. The molecule has 29 heavy (non-hydrogen) atoms. The van der Waals surface area contributed by atoms with Gasteiger partial charge in [0.2, 0.25) is 11.8 Å². The van der Waals surface area contributed by atoms with Crippen LogP contribution in [-0.4, -0.2) is 49.2 Å². The Hall–Kier alpha value is -2.74. The van der Waals surface area contributed by atoms with Gasteiger partial charge in [-0.25, -0.2) is 4.39 Å². The van der Waals surface area contributed by atoms with Gasteiger partial charge < -0.3 is 20.5 Å². The van der Waals surface area contributed by atoms with Crippen molar-refractivity contribution < 1.29 is 28.6 Å². The highest BCUT2D eigenvalue weighted by atomic mass is 19.1. The Kier molecular flexibility index (Phi) is 9.30. The largest absolute Gasteiger partial charge is 0.464 e. The normalized spacial score (nSPS) is 21.9. The van der Waals surface area contributed by atoms with Gasteiger partial charge in [0, 0.05) is 13.0 Å². The number of hydrogen-bond acceptors (Lipinski definition) is 5. The van der Waals surface area contributed by atoms with Crippen molar-refractivity contribution in [3.63, 3.8) is 0 Å². The number of hydrogen-bond donors (Lipinski definition) is 3. The van der Waals surface area contributed by atoms with E-state index in [0.717, 1.165) is 5.56 Å². The number of rotatable bonds is 6. The minimum atomic E-state index is -0.546. The molecule has 1 aliphatic heterocycles. The molecule has 0 saturated carbocycles. The maximum atomic E-state index is 13.1. The van der Waals surface area contributed by atoms with E-state index in [4.69, 9.17) is 9.84 Å². The third-order valence-electron chi connectivity index (χ3n) is 4.62. The standard InChI is InChI=1S/C21H27FN2O5/c22-18-7-5-15(6-8-18)13-17-4-2-1-3-16(14-19(26)23-9-11-25)20(27)24-10-12-29-21(17)28/h1-2,5-8,16-17,25H,3-4,9-14H2,(H,23,26)(H,24,27)/b2-1-/t16-,17-/m0/s1. The van der Waals surface area contributed by atoms with Crippen LogP contribution in [0.3, 0.4) is 0 Å². The van der Waals surface area contributed by atoms with Crippen LogP contribution in [0.1, 0.15) is 24.8 Å². The summed E-state index contributed by atoms with van der Waals surface area (Å²) in [4.78, 5) is 36.6. The summed E-state index contributed by atoms with van der Waals surface area (Å²) < 4.78 is 18.4. The van der Waals surface area contributed by atoms with Crippen LogP contribution in [0.25, 0.3) is 0 Å². The molecule has 0 radical (unpaired) electrons. The van der Waals surface area contributed by atoms with Crippen molar-refractivity contribution in [3.8, 4) is 0 Å². The van der Waals surface area contributed by atoms with E-state index in [-0.39, 0.29) is 56.3 Å².